The molecule has 1 aromatic rings. The number of rotatable bonds is 7. The molecule has 2 rings (SSSR count). The second-order valence-corrected chi connectivity index (χ2v) is 8.24. The third-order valence-corrected chi connectivity index (χ3v) is 6.31. The largest absolute Gasteiger partial charge is 0.302 e. The van der Waals surface area contributed by atoms with Crippen LogP contribution in [0.5, 0.6) is 0 Å². The molecule has 10 heteroatoms. The minimum absolute atomic E-state index is 0.134. The Kier molecular flexibility index (Phi) is 4.65. The Labute approximate surface area is 125 Å². The number of likely N-dealkylation sites (N-methyl/N-ethyl adjacent to an activating group) is 1. The molecule has 0 atom stereocenters. The quantitative estimate of drug-likeness (QED) is 0.602. The van der Waals surface area contributed by atoms with Crippen LogP contribution in [0.1, 0.15) is 12.8 Å². The average molecular weight is 340 g/mol. The van der Waals surface area contributed by atoms with E-state index in [1.54, 1.807) is 0 Å². The number of hydrogen-bond acceptors (Lipinski definition) is 6. The van der Waals surface area contributed by atoms with E-state index in [-0.39, 0.29) is 20.8 Å². The highest BCUT2D eigenvalue weighted by Crippen LogP contribution is 2.36. The lowest BCUT2D eigenvalue weighted by Crippen LogP contribution is -2.33. The van der Waals surface area contributed by atoms with Gasteiger partial charge in [0.05, 0.1) is 4.92 Å². The van der Waals surface area contributed by atoms with Crippen LogP contribution in [0.25, 0.3) is 0 Å². The van der Waals surface area contributed by atoms with E-state index in [2.05, 4.69) is 9.62 Å². The Bertz CT molecular complexity index is 612. The van der Waals surface area contributed by atoms with Crippen molar-refractivity contribution < 1.29 is 13.3 Å². The predicted octanol–water partition coefficient (Wildman–Crippen LogP) is 1.68. The summed E-state index contributed by atoms with van der Waals surface area (Å²) in [4.78, 5) is 12.0. The van der Waals surface area contributed by atoms with E-state index in [0.29, 0.717) is 23.9 Å². The highest BCUT2D eigenvalue weighted by atomic mass is 35.5. The van der Waals surface area contributed by atoms with Crippen molar-refractivity contribution in [3.05, 3.63) is 20.5 Å². The van der Waals surface area contributed by atoms with Gasteiger partial charge in [0, 0.05) is 25.2 Å². The van der Waals surface area contributed by atoms with Crippen molar-refractivity contribution in [2.45, 2.75) is 23.1 Å². The fraction of sp³-hybridized carbons (Fsp3) is 0.600. The maximum atomic E-state index is 12.0. The van der Waals surface area contributed by atoms with Crippen LogP contribution in [0.15, 0.2) is 10.3 Å². The van der Waals surface area contributed by atoms with E-state index in [4.69, 9.17) is 11.6 Å². The van der Waals surface area contributed by atoms with Crippen LogP contribution in [0, 0.1) is 10.1 Å². The van der Waals surface area contributed by atoms with Crippen LogP contribution >= 0.6 is 22.9 Å². The minimum atomic E-state index is -3.74. The van der Waals surface area contributed by atoms with E-state index < -0.39 is 14.9 Å². The molecule has 1 aliphatic carbocycles. The highest BCUT2D eigenvalue weighted by Gasteiger charge is 2.27. The Morgan fingerprint density at radius 1 is 1.60 bits per heavy atom. The molecule has 1 heterocycles. The van der Waals surface area contributed by atoms with E-state index in [9.17, 15) is 18.5 Å². The van der Waals surface area contributed by atoms with Crippen molar-refractivity contribution in [3.63, 3.8) is 0 Å². The zero-order valence-corrected chi connectivity index (χ0v) is 13.1. The number of sulfonamides is 1. The van der Waals surface area contributed by atoms with E-state index in [0.717, 1.165) is 18.9 Å². The maximum Gasteiger partial charge on any atom is 0.300 e. The van der Waals surface area contributed by atoms with E-state index in [1.807, 2.05) is 7.05 Å². The molecule has 1 fully saturated rings. The zero-order valence-electron chi connectivity index (χ0n) is 10.7. The summed E-state index contributed by atoms with van der Waals surface area (Å²) in [5, 5.41) is 10.7. The normalized spacial score (nSPS) is 15.8. The van der Waals surface area contributed by atoms with Gasteiger partial charge in [-0.25, -0.2) is 13.1 Å². The number of thiophene rings is 1. The van der Waals surface area contributed by atoms with Crippen molar-refractivity contribution >= 4 is 38.6 Å². The van der Waals surface area contributed by atoms with Crippen LogP contribution < -0.4 is 4.72 Å². The van der Waals surface area contributed by atoms with Gasteiger partial charge in [-0.2, -0.15) is 0 Å². The first kappa shape index (κ1) is 15.6. The number of halogens is 1. The number of nitrogens with one attached hydrogen (secondary N) is 1. The molecule has 0 radical (unpaired) electrons. The summed E-state index contributed by atoms with van der Waals surface area (Å²) in [5.41, 5.74) is -0.382. The second kappa shape index (κ2) is 5.94. The molecule has 0 bridgehead atoms. The van der Waals surface area contributed by atoms with Gasteiger partial charge in [0.1, 0.15) is 4.21 Å². The molecule has 0 amide bonds. The molecule has 1 N–H and O–H groups in total. The third-order valence-electron chi connectivity index (χ3n) is 3.03. The summed E-state index contributed by atoms with van der Waals surface area (Å²) < 4.78 is 26.1. The molecule has 0 aliphatic heterocycles. The van der Waals surface area contributed by atoms with Gasteiger partial charge in [0.25, 0.3) is 5.69 Å². The molecule has 1 aliphatic rings. The lowest BCUT2D eigenvalue weighted by molar-refractivity contribution is -0.384. The van der Waals surface area contributed by atoms with Crippen LogP contribution in [-0.4, -0.2) is 44.4 Å². The number of nitrogens with zero attached hydrogens (tertiary/aromatic N) is 2. The standard InChI is InChI=1S/C10H14ClN3O4S2/c1-13(7-2-3-7)5-4-12-20(17,18)9-6-8(14(15)16)10(11)19-9/h6-7,12H,2-5H2,1H3. The van der Waals surface area contributed by atoms with Gasteiger partial charge in [0.15, 0.2) is 4.34 Å². The second-order valence-electron chi connectivity index (χ2n) is 4.59. The van der Waals surface area contributed by atoms with Crippen molar-refractivity contribution in [2.24, 2.45) is 0 Å². The molecule has 0 saturated heterocycles. The summed E-state index contributed by atoms with van der Waals surface area (Å²) in [6, 6.07) is 1.54. The summed E-state index contributed by atoms with van der Waals surface area (Å²) in [5.74, 6) is 0. The highest BCUT2D eigenvalue weighted by molar-refractivity contribution is 7.91. The van der Waals surface area contributed by atoms with Gasteiger partial charge >= 0.3 is 0 Å². The van der Waals surface area contributed by atoms with Gasteiger partial charge in [-0.05, 0) is 19.9 Å². The van der Waals surface area contributed by atoms with E-state index >= 15 is 0 Å². The summed E-state index contributed by atoms with van der Waals surface area (Å²) in [7, 11) is -1.80. The first-order valence-electron chi connectivity index (χ1n) is 5.95. The molecular formula is C10H14ClN3O4S2. The van der Waals surface area contributed by atoms with Crippen molar-refractivity contribution in [3.8, 4) is 0 Å². The first-order valence-corrected chi connectivity index (χ1v) is 8.62. The van der Waals surface area contributed by atoms with Gasteiger partial charge in [0.2, 0.25) is 10.0 Å². The van der Waals surface area contributed by atoms with Gasteiger partial charge in [-0.1, -0.05) is 11.6 Å². The average Bonchev–Trinajstić information content (AvgIpc) is 3.11. The fourth-order valence-electron chi connectivity index (χ4n) is 1.72. The van der Waals surface area contributed by atoms with Gasteiger partial charge in [-0.15, -0.1) is 11.3 Å². The van der Waals surface area contributed by atoms with Gasteiger partial charge < -0.3 is 4.90 Å². The molecule has 0 spiro atoms. The van der Waals surface area contributed by atoms with Crippen LogP contribution in [0.2, 0.25) is 4.34 Å². The van der Waals surface area contributed by atoms with E-state index in [1.165, 1.54) is 0 Å². The number of nitro groups is 1. The molecule has 0 unspecified atom stereocenters. The molecule has 1 saturated carbocycles. The molecular weight excluding hydrogens is 326 g/mol. The minimum Gasteiger partial charge on any atom is -0.302 e. The summed E-state index contributed by atoms with van der Waals surface area (Å²) in [6.45, 7) is 0.865. The molecule has 0 aromatic carbocycles. The third kappa shape index (κ3) is 3.67. The Hall–Kier alpha value is -0.740. The van der Waals surface area contributed by atoms with Crippen LogP contribution in [0.4, 0.5) is 5.69 Å². The Balaban J connectivity index is 1.98. The van der Waals surface area contributed by atoms with Crippen LogP contribution in [0.3, 0.4) is 0 Å². The van der Waals surface area contributed by atoms with Crippen molar-refractivity contribution in [2.75, 3.05) is 20.1 Å². The van der Waals surface area contributed by atoms with Crippen LogP contribution in [-0.2, 0) is 10.0 Å². The summed E-state index contributed by atoms with van der Waals surface area (Å²) in [6.07, 6.45) is 2.30. The molecule has 20 heavy (non-hydrogen) atoms. The smallest absolute Gasteiger partial charge is 0.300 e. The fourth-order valence-corrected chi connectivity index (χ4v) is 4.45. The maximum absolute atomic E-state index is 12.0. The van der Waals surface area contributed by atoms with Crippen molar-refractivity contribution in [1.82, 2.24) is 9.62 Å². The monoisotopic (exact) mass is 339 g/mol. The Morgan fingerprint density at radius 2 is 2.25 bits per heavy atom. The predicted molar refractivity (Wildman–Crippen MR) is 76.8 cm³/mol. The SMILES string of the molecule is CN(CCNS(=O)(=O)c1cc([N+](=O)[O-])c(Cl)s1)C1CC1. The summed E-state index contributed by atoms with van der Waals surface area (Å²) >= 11 is 6.34. The van der Waals surface area contributed by atoms with Gasteiger partial charge in [-0.3, -0.25) is 10.1 Å². The zero-order chi connectivity index (χ0) is 14.9. The number of hydrogen-bond donors (Lipinski definition) is 1. The Morgan fingerprint density at radius 3 is 2.75 bits per heavy atom. The molecule has 1 aromatic heterocycles. The lowest BCUT2D eigenvalue weighted by atomic mass is 10.5. The lowest BCUT2D eigenvalue weighted by Gasteiger charge is -2.15. The molecule has 112 valence electrons. The topological polar surface area (TPSA) is 92.6 Å². The van der Waals surface area contributed by atoms with Crippen molar-refractivity contribution in [1.29, 1.82) is 0 Å². The first-order chi connectivity index (χ1) is 9.31. The molecule has 7 nitrogen and oxygen atoms in total.